The van der Waals surface area contributed by atoms with Gasteiger partial charge in [0.05, 0.1) is 12.8 Å². The highest BCUT2D eigenvalue weighted by atomic mass is 16.3. The molecule has 0 saturated carbocycles. The van der Waals surface area contributed by atoms with Crippen LogP contribution in [0.25, 0.3) is 0 Å². The molecule has 19 heavy (non-hydrogen) atoms. The van der Waals surface area contributed by atoms with Gasteiger partial charge in [0, 0.05) is 25.7 Å². The normalized spacial score (nSPS) is 20.5. The summed E-state index contributed by atoms with van der Waals surface area (Å²) < 4.78 is 5.47. The van der Waals surface area contributed by atoms with Gasteiger partial charge in [0.15, 0.2) is 0 Å². The third-order valence-corrected chi connectivity index (χ3v) is 3.73. The van der Waals surface area contributed by atoms with E-state index in [9.17, 15) is 0 Å². The summed E-state index contributed by atoms with van der Waals surface area (Å²) in [6.45, 7) is 4.10. The number of nitrogens with one attached hydrogen (secondary N) is 1. The van der Waals surface area contributed by atoms with Crippen LogP contribution in [0.5, 0.6) is 0 Å². The van der Waals surface area contributed by atoms with Gasteiger partial charge in [-0.25, -0.2) is 0 Å². The average Bonchev–Trinajstić information content (AvgIpc) is 2.95. The molecule has 2 aromatic rings. The molecule has 3 nitrogen and oxygen atoms in total. The van der Waals surface area contributed by atoms with Crippen molar-refractivity contribution in [1.29, 1.82) is 0 Å². The Morgan fingerprint density at radius 3 is 2.84 bits per heavy atom. The van der Waals surface area contributed by atoms with Crippen LogP contribution < -0.4 is 5.32 Å². The second-order valence-corrected chi connectivity index (χ2v) is 5.10. The Bertz CT molecular complexity index is 481. The minimum Gasteiger partial charge on any atom is -0.468 e. The van der Waals surface area contributed by atoms with Gasteiger partial charge in [-0.05, 0) is 24.1 Å². The first kappa shape index (κ1) is 12.5. The van der Waals surface area contributed by atoms with Crippen molar-refractivity contribution < 1.29 is 4.42 Å². The topological polar surface area (TPSA) is 28.4 Å². The highest BCUT2D eigenvalue weighted by molar-refractivity contribution is 5.16. The van der Waals surface area contributed by atoms with Crippen LogP contribution in [0.1, 0.15) is 11.3 Å². The Labute approximate surface area is 114 Å². The molecule has 1 N–H and O–H groups in total. The third-order valence-electron chi connectivity index (χ3n) is 3.73. The van der Waals surface area contributed by atoms with Gasteiger partial charge in [0.2, 0.25) is 0 Å². The Balaban J connectivity index is 1.67. The fourth-order valence-electron chi connectivity index (χ4n) is 2.70. The molecule has 2 heterocycles. The number of hydrogen-bond acceptors (Lipinski definition) is 3. The standard InChI is InChI=1S/C16H20N2O/c1-2-5-14(6-3-1)11-15-12-17-8-9-18(15)13-16-7-4-10-19-16/h1-7,10,15,17H,8-9,11-13H2. The van der Waals surface area contributed by atoms with Crippen molar-refractivity contribution in [3.05, 3.63) is 60.1 Å². The molecule has 3 heteroatoms. The fourth-order valence-corrected chi connectivity index (χ4v) is 2.70. The first-order chi connectivity index (χ1) is 9.42. The molecule has 1 aliphatic rings. The van der Waals surface area contributed by atoms with Gasteiger partial charge in [-0.3, -0.25) is 4.90 Å². The van der Waals surface area contributed by atoms with E-state index in [2.05, 4.69) is 46.6 Å². The van der Waals surface area contributed by atoms with E-state index < -0.39 is 0 Å². The van der Waals surface area contributed by atoms with Crippen molar-refractivity contribution in [2.45, 2.75) is 19.0 Å². The van der Waals surface area contributed by atoms with Gasteiger partial charge in [0.25, 0.3) is 0 Å². The van der Waals surface area contributed by atoms with E-state index in [1.807, 2.05) is 6.07 Å². The number of benzene rings is 1. The predicted molar refractivity (Wildman–Crippen MR) is 75.9 cm³/mol. The minimum atomic E-state index is 0.543. The molecule has 1 aliphatic heterocycles. The van der Waals surface area contributed by atoms with E-state index >= 15 is 0 Å². The molecule has 0 aliphatic carbocycles. The van der Waals surface area contributed by atoms with E-state index in [4.69, 9.17) is 4.42 Å². The predicted octanol–water partition coefficient (Wildman–Crippen LogP) is 2.30. The summed E-state index contributed by atoms with van der Waals surface area (Å²) in [6, 6.07) is 15.3. The number of rotatable bonds is 4. The van der Waals surface area contributed by atoms with Crippen LogP contribution in [-0.2, 0) is 13.0 Å². The number of furan rings is 1. The fraction of sp³-hybridized carbons (Fsp3) is 0.375. The molecule has 0 amide bonds. The molecule has 0 bridgehead atoms. The first-order valence-electron chi connectivity index (χ1n) is 6.93. The number of nitrogens with zero attached hydrogens (tertiary/aromatic N) is 1. The summed E-state index contributed by atoms with van der Waals surface area (Å²) in [4.78, 5) is 2.52. The molecule has 0 spiro atoms. The van der Waals surface area contributed by atoms with Crippen molar-refractivity contribution in [2.24, 2.45) is 0 Å². The lowest BCUT2D eigenvalue weighted by Crippen LogP contribution is -2.51. The second kappa shape index (κ2) is 6.04. The monoisotopic (exact) mass is 256 g/mol. The molecular formula is C16H20N2O. The minimum absolute atomic E-state index is 0.543. The van der Waals surface area contributed by atoms with E-state index in [1.165, 1.54) is 5.56 Å². The van der Waals surface area contributed by atoms with Crippen molar-refractivity contribution in [2.75, 3.05) is 19.6 Å². The SMILES string of the molecule is c1ccc(CC2CNCCN2Cc2ccco2)cc1. The van der Waals surface area contributed by atoms with Crippen molar-refractivity contribution in [3.63, 3.8) is 0 Å². The molecule has 1 fully saturated rings. The average molecular weight is 256 g/mol. The zero-order valence-corrected chi connectivity index (χ0v) is 11.1. The highest BCUT2D eigenvalue weighted by Crippen LogP contribution is 2.14. The maximum absolute atomic E-state index is 5.47. The molecule has 1 aromatic carbocycles. The molecule has 1 saturated heterocycles. The maximum Gasteiger partial charge on any atom is 0.117 e. The Kier molecular flexibility index (Phi) is 3.96. The third kappa shape index (κ3) is 3.25. The number of hydrogen-bond donors (Lipinski definition) is 1. The van der Waals surface area contributed by atoms with Crippen LogP contribution in [0, 0.1) is 0 Å². The lowest BCUT2D eigenvalue weighted by molar-refractivity contribution is 0.141. The van der Waals surface area contributed by atoms with E-state index in [1.54, 1.807) is 6.26 Å². The quantitative estimate of drug-likeness (QED) is 0.910. The Morgan fingerprint density at radius 1 is 1.16 bits per heavy atom. The first-order valence-corrected chi connectivity index (χ1v) is 6.93. The zero-order valence-electron chi connectivity index (χ0n) is 11.1. The molecule has 1 atom stereocenters. The van der Waals surface area contributed by atoms with E-state index in [0.717, 1.165) is 38.4 Å². The Morgan fingerprint density at radius 2 is 2.05 bits per heavy atom. The number of piperazine rings is 1. The van der Waals surface area contributed by atoms with E-state index in [-0.39, 0.29) is 0 Å². The summed E-state index contributed by atoms with van der Waals surface area (Å²) in [6.07, 6.45) is 2.85. The van der Waals surface area contributed by atoms with Crippen LogP contribution in [0.15, 0.2) is 53.1 Å². The smallest absolute Gasteiger partial charge is 0.117 e. The molecule has 0 radical (unpaired) electrons. The summed E-state index contributed by atoms with van der Waals surface area (Å²) in [5.74, 6) is 1.06. The van der Waals surface area contributed by atoms with Crippen LogP contribution in [0.4, 0.5) is 0 Å². The Hall–Kier alpha value is -1.58. The molecule has 100 valence electrons. The van der Waals surface area contributed by atoms with Gasteiger partial charge in [0.1, 0.15) is 5.76 Å². The van der Waals surface area contributed by atoms with E-state index in [0.29, 0.717) is 6.04 Å². The van der Waals surface area contributed by atoms with Crippen LogP contribution in [-0.4, -0.2) is 30.6 Å². The van der Waals surface area contributed by atoms with Crippen molar-refractivity contribution >= 4 is 0 Å². The maximum atomic E-state index is 5.47. The molecular weight excluding hydrogens is 236 g/mol. The highest BCUT2D eigenvalue weighted by Gasteiger charge is 2.22. The van der Waals surface area contributed by atoms with Gasteiger partial charge in [-0.2, -0.15) is 0 Å². The van der Waals surface area contributed by atoms with Gasteiger partial charge in [-0.1, -0.05) is 30.3 Å². The summed E-state index contributed by atoms with van der Waals surface area (Å²) in [5.41, 5.74) is 1.40. The van der Waals surface area contributed by atoms with Gasteiger partial charge >= 0.3 is 0 Å². The molecule has 1 aromatic heterocycles. The molecule has 1 unspecified atom stereocenters. The lowest BCUT2D eigenvalue weighted by atomic mass is 10.0. The largest absolute Gasteiger partial charge is 0.468 e. The van der Waals surface area contributed by atoms with Gasteiger partial charge < -0.3 is 9.73 Å². The summed E-state index contributed by atoms with van der Waals surface area (Å²) >= 11 is 0. The molecule has 3 rings (SSSR count). The van der Waals surface area contributed by atoms with Crippen LogP contribution in [0.3, 0.4) is 0 Å². The van der Waals surface area contributed by atoms with Crippen molar-refractivity contribution in [1.82, 2.24) is 10.2 Å². The van der Waals surface area contributed by atoms with Crippen LogP contribution >= 0.6 is 0 Å². The summed E-state index contributed by atoms with van der Waals surface area (Å²) in [5, 5.41) is 3.49. The zero-order chi connectivity index (χ0) is 12.9. The van der Waals surface area contributed by atoms with Crippen LogP contribution in [0.2, 0.25) is 0 Å². The summed E-state index contributed by atoms with van der Waals surface area (Å²) in [7, 11) is 0. The van der Waals surface area contributed by atoms with Gasteiger partial charge in [-0.15, -0.1) is 0 Å². The lowest BCUT2D eigenvalue weighted by Gasteiger charge is -2.35. The second-order valence-electron chi connectivity index (χ2n) is 5.10. The van der Waals surface area contributed by atoms with Crippen molar-refractivity contribution in [3.8, 4) is 0 Å².